The van der Waals surface area contributed by atoms with Crippen molar-refractivity contribution in [3.8, 4) is 10.4 Å². The Hall–Kier alpha value is -1.12. The second kappa shape index (κ2) is 6.17. The van der Waals surface area contributed by atoms with Crippen LogP contribution in [0.1, 0.15) is 36.2 Å². The highest BCUT2D eigenvalue weighted by atomic mass is 32.1. The van der Waals surface area contributed by atoms with Gasteiger partial charge in [0.2, 0.25) is 0 Å². The molecule has 0 amide bonds. The van der Waals surface area contributed by atoms with E-state index in [0.29, 0.717) is 6.04 Å². The first kappa shape index (κ1) is 13.3. The first-order valence-electron chi connectivity index (χ1n) is 6.58. The smallest absolute Gasteiger partial charge is 0.0412 e. The van der Waals surface area contributed by atoms with Gasteiger partial charge in [0.25, 0.3) is 0 Å². The largest absolute Gasteiger partial charge is 0.312 e. The Labute approximate surface area is 114 Å². The minimum absolute atomic E-state index is 0.499. The lowest BCUT2D eigenvalue weighted by Gasteiger charge is -2.12. The highest BCUT2D eigenvalue weighted by molar-refractivity contribution is 7.15. The molecule has 18 heavy (non-hydrogen) atoms. The molecular formula is C16H21NS. The summed E-state index contributed by atoms with van der Waals surface area (Å²) in [6.45, 7) is 4.38. The summed E-state index contributed by atoms with van der Waals surface area (Å²) in [6, 6.07) is 13.7. The van der Waals surface area contributed by atoms with Gasteiger partial charge in [0.1, 0.15) is 0 Å². The molecule has 1 nitrogen and oxygen atoms in total. The Morgan fingerprint density at radius 3 is 2.72 bits per heavy atom. The normalized spacial score (nSPS) is 12.6. The van der Waals surface area contributed by atoms with Gasteiger partial charge in [-0.2, -0.15) is 0 Å². The summed E-state index contributed by atoms with van der Waals surface area (Å²) in [6.07, 6.45) is 2.41. The zero-order valence-electron chi connectivity index (χ0n) is 11.4. The van der Waals surface area contributed by atoms with Gasteiger partial charge in [0.15, 0.2) is 0 Å². The molecule has 1 heterocycles. The second-order valence-electron chi connectivity index (χ2n) is 4.70. The Bertz CT molecular complexity index is 501. The molecule has 0 aliphatic rings. The van der Waals surface area contributed by atoms with E-state index in [2.05, 4.69) is 55.6 Å². The molecule has 0 spiro atoms. The van der Waals surface area contributed by atoms with Crippen LogP contribution in [0, 0.1) is 6.92 Å². The third-order valence-electron chi connectivity index (χ3n) is 3.20. The van der Waals surface area contributed by atoms with E-state index in [9.17, 15) is 0 Å². The highest BCUT2D eigenvalue weighted by Crippen LogP contribution is 2.33. The van der Waals surface area contributed by atoms with E-state index in [1.165, 1.54) is 33.7 Å². The lowest BCUT2D eigenvalue weighted by molar-refractivity contribution is 0.550. The molecule has 1 aromatic carbocycles. The molecule has 96 valence electrons. The van der Waals surface area contributed by atoms with Gasteiger partial charge in [-0.05, 0) is 38.1 Å². The van der Waals surface area contributed by atoms with Crippen molar-refractivity contribution < 1.29 is 0 Å². The van der Waals surface area contributed by atoms with E-state index in [1.54, 1.807) is 0 Å². The van der Waals surface area contributed by atoms with Gasteiger partial charge in [0.05, 0.1) is 0 Å². The van der Waals surface area contributed by atoms with Crippen molar-refractivity contribution in [2.24, 2.45) is 0 Å². The number of rotatable bonds is 5. The molecule has 0 radical (unpaired) electrons. The Morgan fingerprint density at radius 2 is 2.06 bits per heavy atom. The summed E-state index contributed by atoms with van der Waals surface area (Å²) >= 11 is 1.90. The quantitative estimate of drug-likeness (QED) is 0.814. The van der Waals surface area contributed by atoms with Gasteiger partial charge in [0, 0.05) is 15.8 Å². The predicted octanol–water partition coefficient (Wildman–Crippen LogP) is 4.78. The van der Waals surface area contributed by atoms with Crippen molar-refractivity contribution in [3.05, 3.63) is 46.8 Å². The monoisotopic (exact) mass is 259 g/mol. The lowest BCUT2D eigenvalue weighted by Crippen LogP contribution is -2.14. The third kappa shape index (κ3) is 3.01. The van der Waals surface area contributed by atoms with Gasteiger partial charge in [-0.1, -0.05) is 43.2 Å². The lowest BCUT2D eigenvalue weighted by atomic mass is 10.1. The van der Waals surface area contributed by atoms with Crippen LogP contribution in [-0.2, 0) is 0 Å². The number of thiophene rings is 1. The topological polar surface area (TPSA) is 12.0 Å². The molecule has 0 fully saturated rings. The fourth-order valence-electron chi connectivity index (χ4n) is 2.21. The fraction of sp³-hybridized carbons (Fsp3) is 0.375. The van der Waals surface area contributed by atoms with E-state index in [1.807, 2.05) is 18.4 Å². The number of hydrogen-bond acceptors (Lipinski definition) is 2. The number of nitrogens with one attached hydrogen (secondary N) is 1. The van der Waals surface area contributed by atoms with Crippen molar-refractivity contribution in [1.29, 1.82) is 0 Å². The number of benzene rings is 1. The van der Waals surface area contributed by atoms with Gasteiger partial charge < -0.3 is 5.32 Å². The standard InChI is InChI=1S/C16H21NS/c1-4-6-14(17-3)16-10-9-15(18-16)13-8-5-7-12(2)11-13/h5,7-11,14,17H,4,6H2,1-3H3. The average molecular weight is 259 g/mol. The van der Waals surface area contributed by atoms with Gasteiger partial charge in [-0.25, -0.2) is 0 Å². The third-order valence-corrected chi connectivity index (χ3v) is 4.45. The number of aryl methyl sites for hydroxylation is 1. The molecule has 0 saturated heterocycles. The summed E-state index contributed by atoms with van der Waals surface area (Å²) in [5.41, 5.74) is 2.65. The summed E-state index contributed by atoms with van der Waals surface area (Å²) < 4.78 is 0. The maximum atomic E-state index is 3.41. The minimum Gasteiger partial charge on any atom is -0.312 e. The molecule has 1 N–H and O–H groups in total. The van der Waals surface area contributed by atoms with Crippen LogP contribution >= 0.6 is 11.3 Å². The predicted molar refractivity (Wildman–Crippen MR) is 81.2 cm³/mol. The van der Waals surface area contributed by atoms with Crippen molar-refractivity contribution in [2.75, 3.05) is 7.05 Å². The highest BCUT2D eigenvalue weighted by Gasteiger charge is 2.11. The molecule has 2 rings (SSSR count). The molecule has 2 heteroatoms. The van der Waals surface area contributed by atoms with Crippen LogP contribution in [0.5, 0.6) is 0 Å². The maximum Gasteiger partial charge on any atom is 0.0412 e. The minimum atomic E-state index is 0.499. The van der Waals surface area contributed by atoms with Crippen LogP contribution < -0.4 is 5.32 Å². The molecule has 0 aliphatic heterocycles. The zero-order valence-corrected chi connectivity index (χ0v) is 12.2. The van der Waals surface area contributed by atoms with Crippen LogP contribution in [-0.4, -0.2) is 7.05 Å². The first-order valence-corrected chi connectivity index (χ1v) is 7.40. The second-order valence-corrected chi connectivity index (χ2v) is 5.82. The van der Waals surface area contributed by atoms with Crippen LogP contribution in [0.3, 0.4) is 0 Å². The number of hydrogen-bond donors (Lipinski definition) is 1. The van der Waals surface area contributed by atoms with Gasteiger partial charge in [-0.15, -0.1) is 11.3 Å². The summed E-state index contributed by atoms with van der Waals surface area (Å²) in [5, 5.41) is 3.41. The van der Waals surface area contributed by atoms with Crippen molar-refractivity contribution in [3.63, 3.8) is 0 Å². The Morgan fingerprint density at radius 1 is 1.22 bits per heavy atom. The van der Waals surface area contributed by atoms with E-state index >= 15 is 0 Å². The van der Waals surface area contributed by atoms with Crippen LogP contribution in [0.15, 0.2) is 36.4 Å². The molecule has 1 aromatic heterocycles. The van der Waals surface area contributed by atoms with Gasteiger partial charge in [-0.3, -0.25) is 0 Å². The Kier molecular flexibility index (Phi) is 4.56. The van der Waals surface area contributed by atoms with Crippen LogP contribution in [0.4, 0.5) is 0 Å². The molecule has 0 saturated carbocycles. The summed E-state index contributed by atoms with van der Waals surface area (Å²) in [4.78, 5) is 2.81. The summed E-state index contributed by atoms with van der Waals surface area (Å²) in [5.74, 6) is 0. The molecule has 2 aromatic rings. The zero-order chi connectivity index (χ0) is 13.0. The maximum absolute atomic E-state index is 3.41. The van der Waals surface area contributed by atoms with Gasteiger partial charge >= 0.3 is 0 Å². The molecular weight excluding hydrogens is 238 g/mol. The fourth-order valence-corrected chi connectivity index (χ4v) is 3.36. The van der Waals surface area contributed by atoms with Crippen molar-refractivity contribution >= 4 is 11.3 Å². The molecule has 0 bridgehead atoms. The van der Waals surface area contributed by atoms with Crippen LogP contribution in [0.2, 0.25) is 0 Å². The molecule has 1 atom stereocenters. The van der Waals surface area contributed by atoms with E-state index in [4.69, 9.17) is 0 Å². The molecule has 1 unspecified atom stereocenters. The Balaban J connectivity index is 2.24. The average Bonchev–Trinajstić information content (AvgIpc) is 2.85. The first-order chi connectivity index (χ1) is 8.74. The van der Waals surface area contributed by atoms with E-state index in [0.717, 1.165) is 0 Å². The van der Waals surface area contributed by atoms with Crippen molar-refractivity contribution in [2.45, 2.75) is 32.7 Å². The van der Waals surface area contributed by atoms with Crippen LogP contribution in [0.25, 0.3) is 10.4 Å². The SMILES string of the molecule is CCCC(NC)c1ccc(-c2cccc(C)c2)s1. The van der Waals surface area contributed by atoms with Crippen molar-refractivity contribution in [1.82, 2.24) is 5.32 Å². The summed E-state index contributed by atoms with van der Waals surface area (Å²) in [7, 11) is 2.05. The van der Waals surface area contributed by atoms with E-state index in [-0.39, 0.29) is 0 Å². The molecule has 0 aliphatic carbocycles. The van der Waals surface area contributed by atoms with E-state index < -0.39 is 0 Å².